The largest absolute Gasteiger partial charge is 0.383 e. The van der Waals surface area contributed by atoms with E-state index in [9.17, 15) is 0 Å². The van der Waals surface area contributed by atoms with Crippen LogP contribution < -0.4 is 5.73 Å². The van der Waals surface area contributed by atoms with Gasteiger partial charge in [-0.1, -0.05) is 0 Å². The topological polar surface area (TPSA) is 43.8 Å². The molecule has 0 spiro atoms. The number of anilines is 1. The van der Waals surface area contributed by atoms with Crippen molar-refractivity contribution in [2.75, 3.05) is 5.73 Å². The van der Waals surface area contributed by atoms with Gasteiger partial charge >= 0.3 is 0 Å². The molecular weight excluding hydrogens is 250 g/mol. The number of rotatable bonds is 1. The van der Waals surface area contributed by atoms with Crippen molar-refractivity contribution < 1.29 is 0 Å². The van der Waals surface area contributed by atoms with E-state index in [2.05, 4.69) is 21.0 Å². The second kappa shape index (κ2) is 3.16. The first kappa shape index (κ1) is 8.77. The van der Waals surface area contributed by atoms with Crippen LogP contribution in [0, 0.1) is 0 Å². The number of aryl methyl sites for hydroxylation is 1. The molecule has 0 aliphatic rings. The molecule has 0 bridgehead atoms. The second-order valence-corrected chi connectivity index (χ2v) is 4.52. The standard InChI is InChI=1S/C8H8BrN3S/c1-12-8(10)6(3-11-12)7-2-5(9)4-13-7/h2-4H,10H2,1H3. The molecule has 2 aromatic heterocycles. The van der Waals surface area contributed by atoms with E-state index in [-0.39, 0.29) is 0 Å². The summed E-state index contributed by atoms with van der Waals surface area (Å²) < 4.78 is 2.75. The summed E-state index contributed by atoms with van der Waals surface area (Å²) in [7, 11) is 1.83. The summed E-state index contributed by atoms with van der Waals surface area (Å²) in [4.78, 5) is 1.14. The van der Waals surface area contributed by atoms with Crippen molar-refractivity contribution in [3.05, 3.63) is 22.1 Å². The van der Waals surface area contributed by atoms with Gasteiger partial charge in [-0.25, -0.2) is 0 Å². The summed E-state index contributed by atoms with van der Waals surface area (Å²) in [6.07, 6.45) is 1.79. The van der Waals surface area contributed by atoms with Crippen molar-refractivity contribution in [2.45, 2.75) is 0 Å². The molecule has 0 aliphatic heterocycles. The average Bonchev–Trinajstić information content (AvgIpc) is 2.62. The molecule has 2 N–H and O–H groups in total. The van der Waals surface area contributed by atoms with Crippen LogP contribution in [0.1, 0.15) is 0 Å². The first-order valence-corrected chi connectivity index (χ1v) is 5.37. The molecule has 2 heterocycles. The monoisotopic (exact) mass is 257 g/mol. The van der Waals surface area contributed by atoms with Crippen LogP contribution in [0.15, 0.2) is 22.1 Å². The molecule has 0 fully saturated rings. The average molecular weight is 258 g/mol. The van der Waals surface area contributed by atoms with Gasteiger partial charge in [0, 0.05) is 21.8 Å². The number of hydrogen-bond acceptors (Lipinski definition) is 3. The van der Waals surface area contributed by atoms with Crippen molar-refractivity contribution in [3.63, 3.8) is 0 Å². The molecule has 0 aliphatic carbocycles. The molecule has 0 amide bonds. The maximum atomic E-state index is 5.84. The highest BCUT2D eigenvalue weighted by Gasteiger charge is 2.08. The molecule has 0 unspecified atom stereocenters. The third-order valence-corrected chi connectivity index (χ3v) is 3.54. The Morgan fingerprint density at radius 2 is 2.38 bits per heavy atom. The fourth-order valence-electron chi connectivity index (χ4n) is 1.09. The minimum atomic E-state index is 0.703. The van der Waals surface area contributed by atoms with E-state index in [1.54, 1.807) is 22.2 Å². The Labute approximate surface area is 88.3 Å². The highest BCUT2D eigenvalue weighted by Crippen LogP contribution is 2.32. The lowest BCUT2D eigenvalue weighted by atomic mass is 10.3. The number of aromatic nitrogens is 2. The van der Waals surface area contributed by atoms with Gasteiger partial charge in [0.05, 0.1) is 11.8 Å². The summed E-state index contributed by atoms with van der Waals surface area (Å²) in [5, 5.41) is 6.11. The maximum Gasteiger partial charge on any atom is 0.130 e. The fraction of sp³-hybridized carbons (Fsp3) is 0.125. The number of thiophene rings is 1. The molecule has 0 atom stereocenters. The highest BCUT2D eigenvalue weighted by molar-refractivity contribution is 9.10. The van der Waals surface area contributed by atoms with Crippen molar-refractivity contribution in [2.24, 2.45) is 7.05 Å². The third-order valence-electron chi connectivity index (χ3n) is 1.82. The van der Waals surface area contributed by atoms with Gasteiger partial charge in [0.25, 0.3) is 0 Å². The van der Waals surface area contributed by atoms with Crippen molar-refractivity contribution >= 4 is 33.1 Å². The maximum absolute atomic E-state index is 5.84. The van der Waals surface area contributed by atoms with Crippen LogP contribution in [0.2, 0.25) is 0 Å². The van der Waals surface area contributed by atoms with E-state index < -0.39 is 0 Å². The lowest BCUT2D eigenvalue weighted by Gasteiger charge is -1.95. The Morgan fingerprint density at radius 1 is 1.62 bits per heavy atom. The van der Waals surface area contributed by atoms with E-state index in [0.717, 1.165) is 14.9 Å². The predicted octanol–water partition coefficient (Wildman–Crippen LogP) is 2.49. The van der Waals surface area contributed by atoms with Crippen LogP contribution in [0.3, 0.4) is 0 Å². The van der Waals surface area contributed by atoms with Crippen LogP contribution in [-0.4, -0.2) is 9.78 Å². The van der Waals surface area contributed by atoms with E-state index in [1.807, 2.05) is 18.5 Å². The zero-order valence-corrected chi connectivity index (χ0v) is 9.39. The smallest absolute Gasteiger partial charge is 0.130 e. The van der Waals surface area contributed by atoms with Gasteiger partial charge in [-0.2, -0.15) is 5.10 Å². The van der Waals surface area contributed by atoms with Crippen molar-refractivity contribution in [1.82, 2.24) is 9.78 Å². The zero-order chi connectivity index (χ0) is 9.42. The fourth-order valence-corrected chi connectivity index (χ4v) is 2.54. The number of hydrogen-bond donors (Lipinski definition) is 1. The van der Waals surface area contributed by atoms with Crippen LogP contribution in [0.25, 0.3) is 10.4 Å². The molecule has 2 aromatic rings. The molecular formula is C8H8BrN3S. The van der Waals surface area contributed by atoms with E-state index in [4.69, 9.17) is 5.73 Å². The molecule has 0 saturated heterocycles. The summed E-state index contributed by atoms with van der Waals surface area (Å²) in [5.41, 5.74) is 6.83. The summed E-state index contributed by atoms with van der Waals surface area (Å²) in [6, 6.07) is 2.04. The third kappa shape index (κ3) is 1.49. The number of halogens is 1. The molecule has 68 valence electrons. The summed E-state index contributed by atoms with van der Waals surface area (Å²) in [5.74, 6) is 0.703. The van der Waals surface area contributed by atoms with Gasteiger partial charge < -0.3 is 5.73 Å². The molecule has 5 heteroatoms. The van der Waals surface area contributed by atoms with E-state index in [1.165, 1.54) is 0 Å². The molecule has 3 nitrogen and oxygen atoms in total. The quantitative estimate of drug-likeness (QED) is 0.854. The van der Waals surface area contributed by atoms with E-state index >= 15 is 0 Å². The highest BCUT2D eigenvalue weighted by atomic mass is 79.9. The Morgan fingerprint density at radius 3 is 2.85 bits per heavy atom. The van der Waals surface area contributed by atoms with Gasteiger partial charge in [-0.05, 0) is 22.0 Å². The molecule has 0 aromatic carbocycles. The van der Waals surface area contributed by atoms with Gasteiger partial charge in [0.2, 0.25) is 0 Å². The zero-order valence-electron chi connectivity index (χ0n) is 6.99. The van der Waals surface area contributed by atoms with Gasteiger partial charge in [-0.15, -0.1) is 11.3 Å². The molecule has 2 rings (SSSR count). The number of nitrogens with two attached hydrogens (primary N) is 1. The van der Waals surface area contributed by atoms with Gasteiger partial charge in [0.1, 0.15) is 5.82 Å². The molecule has 0 saturated carbocycles. The van der Waals surface area contributed by atoms with Gasteiger partial charge in [0.15, 0.2) is 0 Å². The van der Waals surface area contributed by atoms with Crippen LogP contribution in [0.5, 0.6) is 0 Å². The minimum Gasteiger partial charge on any atom is -0.383 e. The summed E-state index contributed by atoms with van der Waals surface area (Å²) >= 11 is 5.05. The van der Waals surface area contributed by atoms with E-state index in [0.29, 0.717) is 5.82 Å². The SMILES string of the molecule is Cn1ncc(-c2cc(Br)cs2)c1N. The number of nitrogen functional groups attached to an aromatic ring is 1. The van der Waals surface area contributed by atoms with Crippen LogP contribution >= 0.6 is 27.3 Å². The predicted molar refractivity (Wildman–Crippen MR) is 58.6 cm³/mol. The molecule has 0 radical (unpaired) electrons. The Balaban J connectivity index is 2.52. The van der Waals surface area contributed by atoms with Gasteiger partial charge in [-0.3, -0.25) is 4.68 Å². The van der Waals surface area contributed by atoms with Crippen LogP contribution in [0.4, 0.5) is 5.82 Å². The summed E-state index contributed by atoms with van der Waals surface area (Å²) in [6.45, 7) is 0. The van der Waals surface area contributed by atoms with Crippen LogP contribution in [-0.2, 0) is 7.05 Å². The Bertz CT molecular complexity index is 432. The van der Waals surface area contributed by atoms with Crippen molar-refractivity contribution in [3.8, 4) is 10.4 Å². The van der Waals surface area contributed by atoms with Crippen molar-refractivity contribution in [1.29, 1.82) is 0 Å². The lowest BCUT2D eigenvalue weighted by Crippen LogP contribution is -1.97. The minimum absolute atomic E-state index is 0.703. The Kier molecular flexibility index (Phi) is 2.13. The lowest BCUT2D eigenvalue weighted by molar-refractivity contribution is 0.779. The molecule has 13 heavy (non-hydrogen) atoms. The Hall–Kier alpha value is -0.810. The first-order valence-electron chi connectivity index (χ1n) is 3.70. The normalized spacial score (nSPS) is 10.6. The first-order chi connectivity index (χ1) is 6.18. The second-order valence-electron chi connectivity index (χ2n) is 2.70. The number of nitrogens with zero attached hydrogens (tertiary/aromatic N) is 2.